The van der Waals surface area contributed by atoms with Crippen LogP contribution in [0.3, 0.4) is 0 Å². The molecule has 0 radical (unpaired) electrons. The number of aromatic nitrogens is 3. The van der Waals surface area contributed by atoms with E-state index in [0.717, 1.165) is 11.6 Å². The standard InChI is InChI=1S/C15H11F3N4O/c16-15(17,18)12-6-7-13(22-21-12)19-9-14-20-8-11(23-14)10-4-2-1-3-5-10/h1-8H,9H2,(H,19,22). The Bertz CT molecular complexity index is 769. The van der Waals surface area contributed by atoms with Crippen molar-refractivity contribution in [3.63, 3.8) is 0 Å². The lowest BCUT2D eigenvalue weighted by Crippen LogP contribution is -2.10. The van der Waals surface area contributed by atoms with Crippen LogP contribution >= 0.6 is 0 Å². The highest BCUT2D eigenvalue weighted by atomic mass is 19.4. The molecule has 2 aromatic heterocycles. The monoisotopic (exact) mass is 320 g/mol. The first kappa shape index (κ1) is 15.0. The molecule has 0 aliphatic carbocycles. The predicted molar refractivity (Wildman–Crippen MR) is 76.3 cm³/mol. The maximum atomic E-state index is 12.4. The smallest absolute Gasteiger partial charge is 0.435 e. The Balaban J connectivity index is 1.64. The Morgan fingerprint density at radius 3 is 2.43 bits per heavy atom. The van der Waals surface area contributed by atoms with E-state index in [4.69, 9.17) is 4.42 Å². The highest BCUT2D eigenvalue weighted by molar-refractivity contribution is 5.55. The Labute approximate surface area is 129 Å². The predicted octanol–water partition coefficient (Wildman–Crippen LogP) is 3.76. The van der Waals surface area contributed by atoms with Crippen molar-refractivity contribution < 1.29 is 17.6 Å². The molecule has 0 aliphatic heterocycles. The third-order valence-electron chi connectivity index (χ3n) is 2.99. The Morgan fingerprint density at radius 2 is 1.78 bits per heavy atom. The van der Waals surface area contributed by atoms with Crippen LogP contribution in [0.4, 0.5) is 19.0 Å². The molecule has 23 heavy (non-hydrogen) atoms. The first-order valence-corrected chi connectivity index (χ1v) is 6.67. The molecule has 3 aromatic rings. The first-order chi connectivity index (χ1) is 11.0. The molecular formula is C15H11F3N4O. The third-order valence-corrected chi connectivity index (χ3v) is 2.99. The fraction of sp³-hybridized carbons (Fsp3) is 0.133. The van der Waals surface area contributed by atoms with Gasteiger partial charge in [0.1, 0.15) is 5.82 Å². The molecule has 0 amide bonds. The van der Waals surface area contributed by atoms with E-state index in [9.17, 15) is 13.2 Å². The zero-order chi connectivity index (χ0) is 16.3. The van der Waals surface area contributed by atoms with E-state index in [1.54, 1.807) is 6.20 Å². The summed E-state index contributed by atoms with van der Waals surface area (Å²) in [6.07, 6.45) is -2.91. The number of nitrogens with one attached hydrogen (secondary N) is 1. The van der Waals surface area contributed by atoms with E-state index in [0.29, 0.717) is 11.7 Å². The minimum atomic E-state index is -4.50. The van der Waals surface area contributed by atoms with E-state index < -0.39 is 11.9 Å². The van der Waals surface area contributed by atoms with Gasteiger partial charge in [-0.15, -0.1) is 10.2 Å². The number of oxazole rings is 1. The number of halogens is 3. The Kier molecular flexibility index (Phi) is 3.96. The number of nitrogens with zero attached hydrogens (tertiary/aromatic N) is 3. The molecule has 1 aromatic carbocycles. The van der Waals surface area contributed by atoms with Crippen LogP contribution in [-0.4, -0.2) is 15.2 Å². The van der Waals surface area contributed by atoms with Crippen molar-refractivity contribution in [3.8, 4) is 11.3 Å². The summed E-state index contributed by atoms with van der Waals surface area (Å²) in [6.45, 7) is 0.187. The maximum Gasteiger partial charge on any atom is 0.435 e. The lowest BCUT2D eigenvalue weighted by Gasteiger charge is -2.06. The number of anilines is 1. The van der Waals surface area contributed by atoms with Crippen LogP contribution in [0.2, 0.25) is 0 Å². The molecule has 0 bridgehead atoms. The quantitative estimate of drug-likeness (QED) is 0.793. The van der Waals surface area contributed by atoms with Crippen LogP contribution in [0.15, 0.2) is 53.1 Å². The minimum absolute atomic E-state index is 0.187. The van der Waals surface area contributed by atoms with E-state index in [2.05, 4.69) is 20.5 Å². The van der Waals surface area contributed by atoms with Crippen LogP contribution in [0.5, 0.6) is 0 Å². The fourth-order valence-electron chi connectivity index (χ4n) is 1.87. The Morgan fingerprint density at radius 1 is 1.00 bits per heavy atom. The van der Waals surface area contributed by atoms with Crippen LogP contribution in [-0.2, 0) is 12.7 Å². The van der Waals surface area contributed by atoms with E-state index in [-0.39, 0.29) is 12.4 Å². The van der Waals surface area contributed by atoms with Crippen molar-refractivity contribution >= 4 is 5.82 Å². The van der Waals surface area contributed by atoms with Crippen molar-refractivity contribution in [2.75, 3.05) is 5.32 Å². The molecule has 8 heteroatoms. The molecule has 0 aliphatic rings. The number of benzene rings is 1. The zero-order valence-electron chi connectivity index (χ0n) is 11.7. The van der Waals surface area contributed by atoms with E-state index >= 15 is 0 Å². The van der Waals surface area contributed by atoms with Gasteiger partial charge in [0.15, 0.2) is 11.5 Å². The summed E-state index contributed by atoms with van der Waals surface area (Å²) in [5.74, 6) is 1.21. The van der Waals surface area contributed by atoms with Gasteiger partial charge in [-0.05, 0) is 12.1 Å². The van der Waals surface area contributed by atoms with E-state index in [1.807, 2.05) is 30.3 Å². The summed E-state index contributed by atoms with van der Waals surface area (Å²) in [5, 5.41) is 9.41. The van der Waals surface area contributed by atoms with Gasteiger partial charge >= 0.3 is 6.18 Å². The molecule has 5 nitrogen and oxygen atoms in total. The largest absolute Gasteiger partial charge is 0.439 e. The summed E-state index contributed by atoms with van der Waals surface area (Å²) in [5.41, 5.74) is -0.147. The highest BCUT2D eigenvalue weighted by Crippen LogP contribution is 2.27. The van der Waals surface area contributed by atoms with Crippen molar-refractivity contribution in [2.24, 2.45) is 0 Å². The molecule has 0 saturated heterocycles. The number of hydrogen-bond acceptors (Lipinski definition) is 5. The van der Waals surface area contributed by atoms with Crippen LogP contribution < -0.4 is 5.32 Å². The number of rotatable bonds is 4. The Hall–Kier alpha value is -2.90. The van der Waals surface area contributed by atoms with Crippen molar-refractivity contribution in [3.05, 3.63) is 60.2 Å². The molecule has 1 N–H and O–H groups in total. The average Bonchev–Trinajstić information content (AvgIpc) is 3.02. The second-order valence-corrected chi connectivity index (χ2v) is 4.64. The SMILES string of the molecule is FC(F)(F)c1ccc(NCc2ncc(-c3ccccc3)o2)nn1. The molecule has 0 atom stereocenters. The van der Waals surface area contributed by atoms with Gasteiger partial charge in [-0.2, -0.15) is 13.2 Å². The lowest BCUT2D eigenvalue weighted by atomic mass is 10.2. The van der Waals surface area contributed by atoms with Gasteiger partial charge in [0.05, 0.1) is 12.7 Å². The summed E-state index contributed by atoms with van der Waals surface area (Å²) in [6, 6.07) is 11.5. The normalized spacial score (nSPS) is 11.4. The van der Waals surface area contributed by atoms with Crippen molar-refractivity contribution in [1.29, 1.82) is 0 Å². The van der Waals surface area contributed by atoms with Crippen molar-refractivity contribution in [2.45, 2.75) is 12.7 Å². The second-order valence-electron chi connectivity index (χ2n) is 4.64. The van der Waals surface area contributed by atoms with Crippen LogP contribution in [0, 0.1) is 0 Å². The molecule has 0 saturated carbocycles. The second kappa shape index (κ2) is 6.07. The summed E-state index contributed by atoms with van der Waals surface area (Å²) < 4.78 is 42.7. The number of alkyl halides is 3. The van der Waals surface area contributed by atoms with Gasteiger partial charge in [0.25, 0.3) is 0 Å². The molecular weight excluding hydrogens is 309 g/mol. The van der Waals surface area contributed by atoms with Crippen LogP contribution in [0.1, 0.15) is 11.6 Å². The summed E-state index contributed by atoms with van der Waals surface area (Å²) >= 11 is 0. The van der Waals surface area contributed by atoms with Gasteiger partial charge in [0, 0.05) is 5.56 Å². The van der Waals surface area contributed by atoms with Crippen molar-refractivity contribution in [1.82, 2.24) is 15.2 Å². The van der Waals surface area contributed by atoms with Gasteiger partial charge in [0.2, 0.25) is 5.89 Å². The topological polar surface area (TPSA) is 63.8 Å². The molecule has 0 fully saturated rings. The zero-order valence-corrected chi connectivity index (χ0v) is 11.7. The third kappa shape index (κ3) is 3.65. The molecule has 0 unspecified atom stereocenters. The average molecular weight is 320 g/mol. The summed E-state index contributed by atoms with van der Waals surface area (Å²) in [4.78, 5) is 4.11. The molecule has 118 valence electrons. The first-order valence-electron chi connectivity index (χ1n) is 6.67. The fourth-order valence-corrected chi connectivity index (χ4v) is 1.87. The number of hydrogen-bond donors (Lipinski definition) is 1. The van der Waals surface area contributed by atoms with Crippen LogP contribution in [0.25, 0.3) is 11.3 Å². The van der Waals surface area contributed by atoms with E-state index in [1.165, 1.54) is 6.07 Å². The summed E-state index contributed by atoms with van der Waals surface area (Å²) in [7, 11) is 0. The molecule has 2 heterocycles. The van der Waals surface area contributed by atoms with Gasteiger partial charge in [-0.25, -0.2) is 4.98 Å². The lowest BCUT2D eigenvalue weighted by molar-refractivity contribution is -0.141. The maximum absolute atomic E-state index is 12.4. The van der Waals surface area contributed by atoms with Gasteiger partial charge < -0.3 is 9.73 Å². The van der Waals surface area contributed by atoms with Gasteiger partial charge in [-0.3, -0.25) is 0 Å². The highest BCUT2D eigenvalue weighted by Gasteiger charge is 2.32. The minimum Gasteiger partial charge on any atom is -0.439 e. The van der Waals surface area contributed by atoms with Gasteiger partial charge in [-0.1, -0.05) is 30.3 Å². The molecule has 3 rings (SSSR count). The molecule has 0 spiro atoms.